The number of methoxy groups -OCH3 is 1. The van der Waals surface area contributed by atoms with Gasteiger partial charge in [-0.05, 0) is 65.5 Å². The quantitative estimate of drug-likeness (QED) is 0.540. The molecular weight excluding hydrogens is 268 g/mol. The minimum atomic E-state index is -0.806. The van der Waals surface area contributed by atoms with E-state index in [-0.39, 0.29) is 0 Å². The Morgan fingerprint density at radius 3 is 2.57 bits per heavy atom. The number of aliphatic carboxylic acids is 1. The molecule has 0 aromatic carbocycles. The highest BCUT2D eigenvalue weighted by Gasteiger charge is 2.32. The van der Waals surface area contributed by atoms with Gasteiger partial charge in [0.15, 0.2) is 0 Å². The molecule has 1 fully saturated rings. The van der Waals surface area contributed by atoms with Gasteiger partial charge in [0.2, 0.25) is 0 Å². The third kappa shape index (κ3) is 5.93. The predicted molar refractivity (Wildman–Crippen MR) is 84.6 cm³/mol. The highest BCUT2D eigenvalue weighted by Crippen LogP contribution is 2.35. The molecule has 0 heterocycles. The molecule has 0 spiro atoms. The van der Waals surface area contributed by atoms with E-state index in [1.165, 1.54) is 12.8 Å². The second-order valence-electron chi connectivity index (χ2n) is 6.45. The highest BCUT2D eigenvalue weighted by atomic mass is 16.5. The third-order valence-corrected chi connectivity index (χ3v) is 4.86. The van der Waals surface area contributed by atoms with Crippen molar-refractivity contribution in [2.45, 2.75) is 57.5 Å². The highest BCUT2D eigenvalue weighted by molar-refractivity contribution is 5.78. The van der Waals surface area contributed by atoms with E-state index in [1.807, 2.05) is 0 Å². The summed E-state index contributed by atoms with van der Waals surface area (Å²) < 4.78 is 5.20. The van der Waals surface area contributed by atoms with Crippen LogP contribution in [0, 0.1) is 5.92 Å². The van der Waals surface area contributed by atoms with Crippen LogP contribution in [0.3, 0.4) is 0 Å². The van der Waals surface area contributed by atoms with E-state index in [9.17, 15) is 9.90 Å². The van der Waals surface area contributed by atoms with Crippen molar-refractivity contribution in [3.63, 3.8) is 0 Å². The minimum absolute atomic E-state index is 0.621. The number of nitrogens with one attached hydrogen (secondary N) is 1. The first kappa shape index (κ1) is 18.4. The van der Waals surface area contributed by atoms with Crippen LogP contribution in [0.15, 0.2) is 0 Å². The van der Waals surface area contributed by atoms with E-state index >= 15 is 0 Å². The average molecular weight is 300 g/mol. The fourth-order valence-corrected chi connectivity index (χ4v) is 2.74. The number of ether oxygens (including phenoxy) is 1. The topological polar surface area (TPSA) is 61.8 Å². The van der Waals surface area contributed by atoms with Crippen molar-refractivity contribution in [1.29, 1.82) is 0 Å². The van der Waals surface area contributed by atoms with Crippen molar-refractivity contribution in [2.75, 3.05) is 33.9 Å². The molecular formula is C16H32N2O3. The number of unbranched alkanes of at least 4 members (excludes halogenated alkanes) is 1. The SMILES string of the molecule is CNC(C)(CCCCN(CCOC)C(C)C1CC1)C(=O)O. The Balaban J connectivity index is 2.33. The van der Waals surface area contributed by atoms with Crippen molar-refractivity contribution in [3.05, 3.63) is 0 Å². The third-order valence-electron chi connectivity index (χ3n) is 4.86. The Morgan fingerprint density at radius 2 is 2.10 bits per heavy atom. The molecule has 2 unspecified atom stereocenters. The maximum Gasteiger partial charge on any atom is 0.323 e. The zero-order valence-electron chi connectivity index (χ0n) is 14.0. The molecule has 1 rings (SSSR count). The summed E-state index contributed by atoms with van der Waals surface area (Å²) in [4.78, 5) is 13.7. The number of rotatable bonds is 12. The Bertz CT molecular complexity index is 321. The van der Waals surface area contributed by atoms with Crippen molar-refractivity contribution < 1.29 is 14.6 Å². The molecule has 1 aliphatic rings. The standard InChI is InChI=1S/C16H32N2O3/c1-13(14-7-8-14)18(11-12-21-4)10-6-5-9-16(2,17-3)15(19)20/h13-14,17H,5-12H2,1-4H3,(H,19,20). The largest absolute Gasteiger partial charge is 0.480 e. The second kappa shape index (κ2) is 8.71. The lowest BCUT2D eigenvalue weighted by molar-refractivity contribution is -0.144. The average Bonchev–Trinajstić information content (AvgIpc) is 3.29. The Morgan fingerprint density at radius 1 is 1.43 bits per heavy atom. The fraction of sp³-hybridized carbons (Fsp3) is 0.938. The van der Waals surface area contributed by atoms with Crippen LogP contribution in [0.1, 0.15) is 46.0 Å². The van der Waals surface area contributed by atoms with Crippen LogP contribution < -0.4 is 5.32 Å². The molecule has 0 aromatic rings. The summed E-state index contributed by atoms with van der Waals surface area (Å²) in [5.41, 5.74) is -0.806. The monoisotopic (exact) mass is 300 g/mol. The summed E-state index contributed by atoms with van der Waals surface area (Å²) in [5.74, 6) is 0.0797. The summed E-state index contributed by atoms with van der Waals surface area (Å²) in [6.45, 7) is 6.82. The van der Waals surface area contributed by atoms with Gasteiger partial charge >= 0.3 is 5.97 Å². The van der Waals surface area contributed by atoms with Gasteiger partial charge < -0.3 is 15.2 Å². The number of carbonyl (C=O) groups is 1. The fourth-order valence-electron chi connectivity index (χ4n) is 2.74. The maximum atomic E-state index is 11.2. The zero-order valence-corrected chi connectivity index (χ0v) is 14.0. The molecule has 0 aromatic heterocycles. The van der Waals surface area contributed by atoms with Gasteiger partial charge in [0.25, 0.3) is 0 Å². The number of likely N-dealkylation sites (N-methyl/N-ethyl adjacent to an activating group) is 1. The molecule has 2 atom stereocenters. The number of hydrogen-bond acceptors (Lipinski definition) is 4. The number of carboxylic acids is 1. The summed E-state index contributed by atoms with van der Waals surface area (Å²) in [6.07, 6.45) is 5.31. The first-order valence-corrected chi connectivity index (χ1v) is 8.10. The normalized spacial score (nSPS) is 19.5. The molecule has 21 heavy (non-hydrogen) atoms. The molecule has 124 valence electrons. The first-order chi connectivity index (χ1) is 9.94. The van der Waals surface area contributed by atoms with Gasteiger partial charge in [0.05, 0.1) is 6.61 Å². The molecule has 0 saturated heterocycles. The number of carboxylic acid groups (broad SMARTS) is 1. The lowest BCUT2D eigenvalue weighted by Crippen LogP contribution is -2.47. The zero-order chi connectivity index (χ0) is 15.9. The van der Waals surface area contributed by atoms with Gasteiger partial charge in [0, 0.05) is 19.7 Å². The lowest BCUT2D eigenvalue weighted by atomic mass is 9.95. The van der Waals surface area contributed by atoms with Crippen LogP contribution in [0.2, 0.25) is 0 Å². The number of hydrogen-bond donors (Lipinski definition) is 2. The van der Waals surface area contributed by atoms with Crippen molar-refractivity contribution in [1.82, 2.24) is 10.2 Å². The summed E-state index contributed by atoms with van der Waals surface area (Å²) >= 11 is 0. The van der Waals surface area contributed by atoms with Crippen LogP contribution in [0.4, 0.5) is 0 Å². The van der Waals surface area contributed by atoms with E-state index in [0.717, 1.165) is 38.5 Å². The molecule has 0 aliphatic heterocycles. The molecule has 5 heteroatoms. The van der Waals surface area contributed by atoms with Gasteiger partial charge in [-0.3, -0.25) is 9.69 Å². The molecule has 1 aliphatic carbocycles. The van der Waals surface area contributed by atoms with Gasteiger partial charge in [-0.15, -0.1) is 0 Å². The smallest absolute Gasteiger partial charge is 0.323 e. The summed E-state index contributed by atoms with van der Waals surface area (Å²) in [7, 11) is 3.46. The maximum absolute atomic E-state index is 11.2. The van der Waals surface area contributed by atoms with Crippen LogP contribution in [0.25, 0.3) is 0 Å². The summed E-state index contributed by atoms with van der Waals surface area (Å²) in [6, 6.07) is 0.621. The number of nitrogens with zero attached hydrogens (tertiary/aromatic N) is 1. The Hall–Kier alpha value is -0.650. The van der Waals surface area contributed by atoms with Crippen molar-refractivity contribution in [3.8, 4) is 0 Å². The van der Waals surface area contributed by atoms with Gasteiger partial charge in [-0.2, -0.15) is 0 Å². The van der Waals surface area contributed by atoms with Crippen LogP contribution in [0.5, 0.6) is 0 Å². The first-order valence-electron chi connectivity index (χ1n) is 8.10. The van der Waals surface area contributed by atoms with Crippen molar-refractivity contribution in [2.24, 2.45) is 5.92 Å². The van der Waals surface area contributed by atoms with E-state index in [4.69, 9.17) is 4.74 Å². The molecule has 1 saturated carbocycles. The van der Waals surface area contributed by atoms with E-state index in [2.05, 4.69) is 17.1 Å². The lowest BCUT2D eigenvalue weighted by Gasteiger charge is -2.30. The molecule has 0 radical (unpaired) electrons. The van der Waals surface area contributed by atoms with E-state index in [1.54, 1.807) is 21.1 Å². The Kier molecular flexibility index (Phi) is 7.63. The Labute approximate surface area is 129 Å². The van der Waals surface area contributed by atoms with E-state index < -0.39 is 11.5 Å². The molecule has 0 amide bonds. The van der Waals surface area contributed by atoms with Crippen molar-refractivity contribution >= 4 is 5.97 Å². The minimum Gasteiger partial charge on any atom is -0.480 e. The van der Waals surface area contributed by atoms with Gasteiger partial charge in [-0.1, -0.05) is 0 Å². The van der Waals surface area contributed by atoms with Crippen LogP contribution in [-0.4, -0.2) is 61.4 Å². The predicted octanol–water partition coefficient (Wildman–Crippen LogP) is 1.97. The van der Waals surface area contributed by atoms with Crippen LogP contribution in [-0.2, 0) is 9.53 Å². The molecule has 2 N–H and O–H groups in total. The van der Waals surface area contributed by atoms with Crippen LogP contribution >= 0.6 is 0 Å². The van der Waals surface area contributed by atoms with E-state index in [0.29, 0.717) is 12.5 Å². The summed E-state index contributed by atoms with van der Waals surface area (Å²) in [5, 5.41) is 12.2. The van der Waals surface area contributed by atoms with Gasteiger partial charge in [-0.25, -0.2) is 0 Å². The molecule has 0 bridgehead atoms. The molecule has 5 nitrogen and oxygen atoms in total. The second-order valence-corrected chi connectivity index (χ2v) is 6.45. The van der Waals surface area contributed by atoms with Gasteiger partial charge in [0.1, 0.15) is 5.54 Å².